The second-order valence-electron chi connectivity index (χ2n) is 4.43. The molecule has 1 heterocycles. The molecule has 17 heavy (non-hydrogen) atoms. The normalized spacial score (nSPS) is 16.0. The predicted molar refractivity (Wildman–Crippen MR) is 75.1 cm³/mol. The van der Waals surface area contributed by atoms with E-state index in [1.54, 1.807) is 0 Å². The van der Waals surface area contributed by atoms with Crippen molar-refractivity contribution < 1.29 is 0 Å². The summed E-state index contributed by atoms with van der Waals surface area (Å²) in [5.41, 5.74) is 2.68. The van der Waals surface area contributed by atoms with Crippen LogP contribution in [0.15, 0.2) is 24.3 Å². The van der Waals surface area contributed by atoms with Crippen LogP contribution in [0.4, 0.5) is 11.4 Å². The van der Waals surface area contributed by atoms with Crippen molar-refractivity contribution in [2.45, 2.75) is 13.8 Å². The zero-order chi connectivity index (χ0) is 12.1. The summed E-state index contributed by atoms with van der Waals surface area (Å²) in [4.78, 5) is 4.82. The van der Waals surface area contributed by atoms with Crippen LogP contribution in [0.25, 0.3) is 0 Å². The fraction of sp³-hybridized carbons (Fsp3) is 0.571. The van der Waals surface area contributed by atoms with E-state index in [1.807, 2.05) is 0 Å². The molecule has 0 atom stereocenters. The highest BCUT2D eigenvalue weighted by atomic mass is 15.2. The van der Waals surface area contributed by atoms with Gasteiger partial charge < -0.3 is 15.1 Å². The lowest BCUT2D eigenvalue weighted by Crippen LogP contribution is -2.43. The monoisotopic (exact) mass is 233 g/mol. The molecular formula is C14H23N3. The van der Waals surface area contributed by atoms with Crippen LogP contribution in [0.5, 0.6) is 0 Å². The standard InChI is InChI=1S/C14H23N3/c1-3-16(4-2)13-5-7-14(8-6-13)17-11-9-15-10-12-17/h5-8,15H,3-4,9-12H2,1-2H3. The van der Waals surface area contributed by atoms with E-state index in [-0.39, 0.29) is 0 Å². The topological polar surface area (TPSA) is 18.5 Å². The highest BCUT2D eigenvalue weighted by Crippen LogP contribution is 2.20. The van der Waals surface area contributed by atoms with Crippen molar-refractivity contribution in [3.05, 3.63) is 24.3 Å². The van der Waals surface area contributed by atoms with Gasteiger partial charge in [-0.1, -0.05) is 0 Å². The Balaban J connectivity index is 2.06. The van der Waals surface area contributed by atoms with E-state index >= 15 is 0 Å². The molecule has 0 aliphatic carbocycles. The molecule has 3 heteroatoms. The highest BCUT2D eigenvalue weighted by Gasteiger charge is 2.10. The van der Waals surface area contributed by atoms with Crippen LogP contribution in [0, 0.1) is 0 Å². The van der Waals surface area contributed by atoms with E-state index in [0.29, 0.717) is 0 Å². The Morgan fingerprint density at radius 3 is 2.18 bits per heavy atom. The van der Waals surface area contributed by atoms with Gasteiger partial charge in [-0.05, 0) is 38.1 Å². The van der Waals surface area contributed by atoms with E-state index in [9.17, 15) is 0 Å². The third-order valence-electron chi connectivity index (χ3n) is 3.46. The van der Waals surface area contributed by atoms with E-state index in [2.05, 4.69) is 53.2 Å². The molecule has 0 radical (unpaired) electrons. The molecule has 1 aliphatic heterocycles. The van der Waals surface area contributed by atoms with E-state index < -0.39 is 0 Å². The number of anilines is 2. The summed E-state index contributed by atoms with van der Waals surface area (Å²) in [5.74, 6) is 0. The lowest BCUT2D eigenvalue weighted by Gasteiger charge is -2.30. The number of hydrogen-bond acceptors (Lipinski definition) is 3. The van der Waals surface area contributed by atoms with Gasteiger partial charge in [0.1, 0.15) is 0 Å². The molecule has 0 spiro atoms. The van der Waals surface area contributed by atoms with Crippen LogP contribution in [-0.4, -0.2) is 39.3 Å². The van der Waals surface area contributed by atoms with Gasteiger partial charge in [-0.2, -0.15) is 0 Å². The minimum atomic E-state index is 1.07. The van der Waals surface area contributed by atoms with Crippen LogP contribution in [0.3, 0.4) is 0 Å². The minimum absolute atomic E-state index is 1.07. The van der Waals surface area contributed by atoms with Gasteiger partial charge in [0.2, 0.25) is 0 Å². The van der Waals surface area contributed by atoms with Gasteiger partial charge in [0.25, 0.3) is 0 Å². The number of piperazine rings is 1. The molecule has 1 aromatic rings. The second kappa shape index (κ2) is 5.92. The molecule has 3 nitrogen and oxygen atoms in total. The molecule has 0 unspecified atom stereocenters. The lowest BCUT2D eigenvalue weighted by molar-refractivity contribution is 0.589. The average molecular weight is 233 g/mol. The number of nitrogens with one attached hydrogen (secondary N) is 1. The lowest BCUT2D eigenvalue weighted by atomic mass is 10.2. The minimum Gasteiger partial charge on any atom is -0.372 e. The van der Waals surface area contributed by atoms with Crippen LogP contribution < -0.4 is 15.1 Å². The summed E-state index contributed by atoms with van der Waals surface area (Å²) in [6.07, 6.45) is 0. The van der Waals surface area contributed by atoms with Crippen molar-refractivity contribution in [3.8, 4) is 0 Å². The number of benzene rings is 1. The van der Waals surface area contributed by atoms with Crippen molar-refractivity contribution in [2.24, 2.45) is 0 Å². The first-order valence-electron chi connectivity index (χ1n) is 6.65. The molecule has 1 aromatic carbocycles. The van der Waals surface area contributed by atoms with Crippen molar-refractivity contribution in [1.29, 1.82) is 0 Å². The van der Waals surface area contributed by atoms with Gasteiger partial charge in [-0.3, -0.25) is 0 Å². The molecule has 1 saturated heterocycles. The molecule has 0 bridgehead atoms. The zero-order valence-corrected chi connectivity index (χ0v) is 10.9. The Kier molecular flexibility index (Phi) is 4.26. The summed E-state index contributed by atoms with van der Waals surface area (Å²) < 4.78 is 0. The number of nitrogens with zero attached hydrogens (tertiary/aromatic N) is 2. The maximum absolute atomic E-state index is 3.38. The van der Waals surface area contributed by atoms with Gasteiger partial charge in [0.15, 0.2) is 0 Å². The SMILES string of the molecule is CCN(CC)c1ccc(N2CCNCC2)cc1. The molecule has 1 fully saturated rings. The van der Waals surface area contributed by atoms with Crippen molar-refractivity contribution in [1.82, 2.24) is 5.32 Å². The van der Waals surface area contributed by atoms with E-state index in [4.69, 9.17) is 0 Å². The fourth-order valence-electron chi connectivity index (χ4n) is 2.39. The third kappa shape index (κ3) is 2.91. The largest absolute Gasteiger partial charge is 0.372 e. The van der Waals surface area contributed by atoms with Crippen molar-refractivity contribution in [3.63, 3.8) is 0 Å². The van der Waals surface area contributed by atoms with Crippen LogP contribution in [0.1, 0.15) is 13.8 Å². The first kappa shape index (κ1) is 12.2. The van der Waals surface area contributed by atoms with Gasteiger partial charge in [-0.15, -0.1) is 0 Å². The quantitative estimate of drug-likeness (QED) is 0.857. The van der Waals surface area contributed by atoms with Gasteiger partial charge in [0.05, 0.1) is 0 Å². The molecule has 1 N–H and O–H groups in total. The smallest absolute Gasteiger partial charge is 0.0368 e. The Morgan fingerprint density at radius 2 is 1.65 bits per heavy atom. The summed E-state index contributed by atoms with van der Waals surface area (Å²) in [6.45, 7) is 11.0. The summed E-state index contributed by atoms with van der Waals surface area (Å²) in [6, 6.07) is 8.98. The molecule has 0 amide bonds. The summed E-state index contributed by atoms with van der Waals surface area (Å²) in [5, 5.41) is 3.38. The van der Waals surface area contributed by atoms with Gasteiger partial charge in [0, 0.05) is 50.6 Å². The van der Waals surface area contributed by atoms with Crippen molar-refractivity contribution >= 4 is 11.4 Å². The Labute approximate surface area is 104 Å². The maximum atomic E-state index is 3.38. The Hall–Kier alpha value is -1.22. The molecular weight excluding hydrogens is 210 g/mol. The summed E-state index contributed by atoms with van der Waals surface area (Å²) in [7, 11) is 0. The molecule has 2 rings (SSSR count). The third-order valence-corrected chi connectivity index (χ3v) is 3.46. The zero-order valence-electron chi connectivity index (χ0n) is 10.9. The van der Waals surface area contributed by atoms with Crippen LogP contribution >= 0.6 is 0 Å². The van der Waals surface area contributed by atoms with Crippen LogP contribution in [0.2, 0.25) is 0 Å². The predicted octanol–water partition coefficient (Wildman–Crippen LogP) is 1.94. The van der Waals surface area contributed by atoms with Crippen molar-refractivity contribution in [2.75, 3.05) is 49.1 Å². The first-order chi connectivity index (χ1) is 8.35. The van der Waals surface area contributed by atoms with Gasteiger partial charge in [-0.25, -0.2) is 0 Å². The molecule has 0 aromatic heterocycles. The number of rotatable bonds is 4. The van der Waals surface area contributed by atoms with Crippen LogP contribution in [-0.2, 0) is 0 Å². The summed E-state index contributed by atoms with van der Waals surface area (Å²) >= 11 is 0. The molecule has 0 saturated carbocycles. The second-order valence-corrected chi connectivity index (χ2v) is 4.43. The molecule has 1 aliphatic rings. The van der Waals surface area contributed by atoms with Gasteiger partial charge >= 0.3 is 0 Å². The average Bonchev–Trinajstić information content (AvgIpc) is 2.42. The highest BCUT2D eigenvalue weighted by molar-refractivity contribution is 5.56. The fourth-order valence-corrected chi connectivity index (χ4v) is 2.39. The Morgan fingerprint density at radius 1 is 1.06 bits per heavy atom. The van der Waals surface area contributed by atoms with E-state index in [0.717, 1.165) is 39.3 Å². The Bertz CT molecular complexity index is 324. The molecule has 94 valence electrons. The first-order valence-corrected chi connectivity index (χ1v) is 6.65. The maximum Gasteiger partial charge on any atom is 0.0368 e. The number of hydrogen-bond donors (Lipinski definition) is 1. The van der Waals surface area contributed by atoms with E-state index in [1.165, 1.54) is 11.4 Å².